The topological polar surface area (TPSA) is 26.3 Å². The zero-order valence-corrected chi connectivity index (χ0v) is 9.72. The molecule has 2 heteroatoms. The van der Waals surface area contributed by atoms with Crippen LogP contribution in [0.25, 0.3) is 0 Å². The molecule has 1 fully saturated rings. The average Bonchev–Trinajstić information content (AvgIpc) is 2.81. The molecule has 0 aliphatic heterocycles. The SMILES string of the molecule is COC(=O)C1=C[C@H]2[C@@H]1[C@H]1C[C@@H]2c2ccccc21. The molecule has 2 nitrogen and oxygen atoms in total. The zero-order valence-electron chi connectivity index (χ0n) is 9.72. The molecule has 2 bridgehead atoms. The molecule has 0 unspecified atom stereocenters. The highest BCUT2D eigenvalue weighted by molar-refractivity contribution is 5.91. The fourth-order valence-corrected chi connectivity index (χ4v) is 4.10. The Balaban J connectivity index is 1.76. The number of hydrogen-bond acceptors (Lipinski definition) is 2. The van der Waals surface area contributed by atoms with Crippen molar-refractivity contribution < 1.29 is 9.53 Å². The van der Waals surface area contributed by atoms with Crippen molar-refractivity contribution in [1.82, 2.24) is 0 Å². The Morgan fingerprint density at radius 3 is 2.65 bits per heavy atom. The minimum absolute atomic E-state index is 0.128. The number of carbonyl (C=O) groups is 1. The van der Waals surface area contributed by atoms with E-state index >= 15 is 0 Å². The van der Waals surface area contributed by atoms with E-state index in [2.05, 4.69) is 30.3 Å². The number of fused-ring (bicyclic) bond motifs is 8. The quantitative estimate of drug-likeness (QED) is 0.688. The van der Waals surface area contributed by atoms with Gasteiger partial charge in [0.05, 0.1) is 7.11 Å². The summed E-state index contributed by atoms with van der Waals surface area (Å²) < 4.78 is 4.85. The molecule has 17 heavy (non-hydrogen) atoms. The molecular formula is C15H14O2. The van der Waals surface area contributed by atoms with Crippen LogP contribution in [0.2, 0.25) is 0 Å². The standard InChI is InChI=1S/C15H14O2/c1-17-15(16)13-7-12-10-6-11(14(12)13)9-5-3-2-4-8(9)10/h2-5,7,10-12,14H,6H2,1H3/t10-,11+,12-,14+/m1/s1. The number of benzene rings is 1. The Bertz CT molecular complexity index is 544. The number of carbonyl (C=O) groups excluding carboxylic acids is 1. The van der Waals surface area contributed by atoms with Crippen molar-refractivity contribution in [3.8, 4) is 0 Å². The van der Waals surface area contributed by atoms with Crippen molar-refractivity contribution in [2.75, 3.05) is 7.11 Å². The molecule has 0 amide bonds. The molecule has 0 saturated heterocycles. The summed E-state index contributed by atoms with van der Waals surface area (Å²) >= 11 is 0. The fraction of sp³-hybridized carbons (Fsp3) is 0.400. The van der Waals surface area contributed by atoms with Crippen LogP contribution in [0.4, 0.5) is 0 Å². The Kier molecular flexibility index (Phi) is 1.67. The second-order valence-electron chi connectivity index (χ2n) is 5.29. The van der Waals surface area contributed by atoms with Gasteiger partial charge in [-0.25, -0.2) is 4.79 Å². The average molecular weight is 226 g/mol. The number of esters is 1. The van der Waals surface area contributed by atoms with Gasteiger partial charge in [0, 0.05) is 11.5 Å². The van der Waals surface area contributed by atoms with Crippen LogP contribution in [0.15, 0.2) is 35.9 Å². The molecule has 0 N–H and O–H groups in total. The molecule has 4 rings (SSSR count). The van der Waals surface area contributed by atoms with Crippen LogP contribution < -0.4 is 0 Å². The summed E-state index contributed by atoms with van der Waals surface area (Å²) in [6.45, 7) is 0. The molecule has 0 heterocycles. The van der Waals surface area contributed by atoms with Crippen LogP contribution >= 0.6 is 0 Å². The van der Waals surface area contributed by atoms with Crippen molar-refractivity contribution in [2.24, 2.45) is 11.8 Å². The molecule has 4 atom stereocenters. The largest absolute Gasteiger partial charge is 0.466 e. The predicted molar refractivity (Wildman–Crippen MR) is 63.6 cm³/mol. The molecule has 3 aliphatic rings. The van der Waals surface area contributed by atoms with Gasteiger partial charge in [0.15, 0.2) is 0 Å². The van der Waals surface area contributed by atoms with Gasteiger partial charge in [-0.3, -0.25) is 0 Å². The van der Waals surface area contributed by atoms with E-state index in [0.29, 0.717) is 23.7 Å². The van der Waals surface area contributed by atoms with E-state index in [0.717, 1.165) is 5.57 Å². The van der Waals surface area contributed by atoms with Crippen LogP contribution in [-0.4, -0.2) is 13.1 Å². The molecular weight excluding hydrogens is 212 g/mol. The summed E-state index contributed by atoms with van der Waals surface area (Å²) in [6, 6.07) is 8.70. The summed E-state index contributed by atoms with van der Waals surface area (Å²) in [7, 11) is 1.47. The summed E-state index contributed by atoms with van der Waals surface area (Å²) in [4.78, 5) is 11.6. The van der Waals surface area contributed by atoms with Gasteiger partial charge in [0.25, 0.3) is 0 Å². The second kappa shape index (κ2) is 3.00. The van der Waals surface area contributed by atoms with Gasteiger partial charge in [0.1, 0.15) is 0 Å². The van der Waals surface area contributed by atoms with Gasteiger partial charge < -0.3 is 4.74 Å². The highest BCUT2D eigenvalue weighted by Gasteiger charge is 2.56. The molecule has 0 aromatic heterocycles. The Labute approximate surface area is 100 Å². The molecule has 86 valence electrons. The van der Waals surface area contributed by atoms with E-state index in [4.69, 9.17) is 4.74 Å². The zero-order chi connectivity index (χ0) is 11.6. The first-order valence-corrected chi connectivity index (χ1v) is 6.20. The molecule has 3 aliphatic carbocycles. The fourth-order valence-electron chi connectivity index (χ4n) is 4.10. The lowest BCUT2D eigenvalue weighted by atomic mass is 9.65. The maximum Gasteiger partial charge on any atom is 0.333 e. The van der Waals surface area contributed by atoms with Crippen molar-refractivity contribution in [3.63, 3.8) is 0 Å². The Morgan fingerprint density at radius 1 is 1.24 bits per heavy atom. The van der Waals surface area contributed by atoms with E-state index in [-0.39, 0.29) is 5.97 Å². The third-order valence-electron chi connectivity index (χ3n) is 4.77. The minimum atomic E-state index is -0.128. The molecule has 0 spiro atoms. The van der Waals surface area contributed by atoms with Gasteiger partial charge in [0.2, 0.25) is 0 Å². The molecule has 0 radical (unpaired) electrons. The lowest BCUT2D eigenvalue weighted by molar-refractivity contribution is -0.137. The monoisotopic (exact) mass is 226 g/mol. The van der Waals surface area contributed by atoms with E-state index in [9.17, 15) is 4.79 Å². The summed E-state index contributed by atoms with van der Waals surface area (Å²) in [6.07, 6.45) is 3.35. The van der Waals surface area contributed by atoms with E-state index in [1.807, 2.05) is 0 Å². The Morgan fingerprint density at radius 2 is 1.94 bits per heavy atom. The molecule has 1 saturated carbocycles. The first-order valence-electron chi connectivity index (χ1n) is 6.20. The summed E-state index contributed by atoms with van der Waals surface area (Å²) in [5.74, 6) is 2.09. The first-order chi connectivity index (χ1) is 8.31. The maximum absolute atomic E-state index is 11.6. The maximum atomic E-state index is 11.6. The number of hydrogen-bond donors (Lipinski definition) is 0. The third-order valence-corrected chi connectivity index (χ3v) is 4.77. The van der Waals surface area contributed by atoms with E-state index in [1.54, 1.807) is 0 Å². The summed E-state index contributed by atoms with van der Waals surface area (Å²) in [5.41, 5.74) is 3.90. The molecule has 1 aromatic rings. The lowest BCUT2D eigenvalue weighted by Gasteiger charge is -2.38. The smallest absolute Gasteiger partial charge is 0.333 e. The Hall–Kier alpha value is -1.57. The number of allylic oxidation sites excluding steroid dienone is 1. The lowest BCUT2D eigenvalue weighted by Crippen LogP contribution is -2.34. The highest BCUT2D eigenvalue weighted by Crippen LogP contribution is 2.65. The van der Waals surface area contributed by atoms with Crippen LogP contribution in [0.5, 0.6) is 0 Å². The molecule has 1 aromatic carbocycles. The highest BCUT2D eigenvalue weighted by atomic mass is 16.5. The minimum Gasteiger partial charge on any atom is -0.466 e. The van der Waals surface area contributed by atoms with Gasteiger partial charge >= 0.3 is 5.97 Å². The van der Waals surface area contributed by atoms with Gasteiger partial charge in [-0.15, -0.1) is 0 Å². The van der Waals surface area contributed by atoms with E-state index < -0.39 is 0 Å². The van der Waals surface area contributed by atoms with Crippen molar-refractivity contribution in [1.29, 1.82) is 0 Å². The third kappa shape index (κ3) is 0.991. The van der Waals surface area contributed by atoms with Crippen molar-refractivity contribution in [2.45, 2.75) is 18.3 Å². The number of ether oxygens (including phenoxy) is 1. The van der Waals surface area contributed by atoms with Crippen LogP contribution in [-0.2, 0) is 9.53 Å². The van der Waals surface area contributed by atoms with Crippen molar-refractivity contribution >= 4 is 5.97 Å². The van der Waals surface area contributed by atoms with E-state index in [1.165, 1.54) is 24.7 Å². The van der Waals surface area contributed by atoms with Gasteiger partial charge in [-0.2, -0.15) is 0 Å². The van der Waals surface area contributed by atoms with Crippen LogP contribution in [0.3, 0.4) is 0 Å². The number of methoxy groups -OCH3 is 1. The van der Waals surface area contributed by atoms with Gasteiger partial charge in [-0.05, 0) is 35.3 Å². The first kappa shape index (κ1) is 9.46. The van der Waals surface area contributed by atoms with Crippen LogP contribution in [0, 0.1) is 11.8 Å². The summed E-state index contributed by atoms with van der Waals surface area (Å²) in [5, 5.41) is 0. The second-order valence-corrected chi connectivity index (χ2v) is 5.29. The normalized spacial score (nSPS) is 35.7. The predicted octanol–water partition coefficient (Wildman–Crippen LogP) is 2.62. The van der Waals surface area contributed by atoms with Crippen molar-refractivity contribution in [3.05, 3.63) is 47.0 Å². The van der Waals surface area contributed by atoms with Crippen LogP contribution in [0.1, 0.15) is 29.4 Å². The number of rotatable bonds is 1. The van der Waals surface area contributed by atoms with Gasteiger partial charge in [-0.1, -0.05) is 30.3 Å².